The fraction of sp³-hybridized carbons (Fsp3) is 0.240. The van der Waals surface area contributed by atoms with Gasteiger partial charge in [-0.15, -0.1) is 11.3 Å². The molecule has 4 aromatic rings. The van der Waals surface area contributed by atoms with Gasteiger partial charge < -0.3 is 4.90 Å². The lowest BCUT2D eigenvalue weighted by atomic mass is 9.88. The van der Waals surface area contributed by atoms with Crippen molar-refractivity contribution in [2.24, 2.45) is 5.92 Å². The summed E-state index contributed by atoms with van der Waals surface area (Å²) >= 11 is 1.40. The third kappa shape index (κ3) is 3.95. The van der Waals surface area contributed by atoms with E-state index in [1.54, 1.807) is 4.90 Å². The molecule has 168 valence electrons. The highest BCUT2D eigenvalue weighted by Gasteiger charge is 2.31. The molecule has 2 aromatic heterocycles. The Bertz CT molecular complexity index is 1350. The first kappa shape index (κ1) is 21.5. The Kier molecular flexibility index (Phi) is 5.54. The third-order valence-corrected chi connectivity index (χ3v) is 7.20. The van der Waals surface area contributed by atoms with Gasteiger partial charge in [0.2, 0.25) is 0 Å². The summed E-state index contributed by atoms with van der Waals surface area (Å²) in [6.07, 6.45) is 0.838. The first-order valence-corrected chi connectivity index (χ1v) is 11.6. The van der Waals surface area contributed by atoms with Crippen molar-refractivity contribution in [3.05, 3.63) is 82.4 Å². The first-order valence-electron chi connectivity index (χ1n) is 10.8. The van der Waals surface area contributed by atoms with Crippen LogP contribution in [-0.2, 0) is 0 Å². The molecule has 3 heterocycles. The highest BCUT2D eigenvalue weighted by molar-refractivity contribution is 7.20. The number of ketones is 1. The second-order valence-corrected chi connectivity index (χ2v) is 9.25. The second-order valence-electron chi connectivity index (χ2n) is 8.22. The molecule has 1 fully saturated rings. The number of aromatic nitrogens is 2. The average Bonchev–Trinajstić information content (AvgIpc) is 3.41. The maximum absolute atomic E-state index is 14.0. The molecule has 0 bridgehead atoms. The van der Waals surface area contributed by atoms with Gasteiger partial charge >= 0.3 is 0 Å². The Hall–Kier alpha value is -3.39. The molecule has 0 saturated carbocycles. The Morgan fingerprint density at radius 2 is 1.76 bits per heavy atom. The Morgan fingerprint density at radius 1 is 1.03 bits per heavy atom. The molecule has 0 unspecified atom stereocenters. The number of amides is 1. The molecular formula is C25H21F2N3O2S. The number of halogens is 2. The number of carbonyl (C=O) groups is 2. The Balaban J connectivity index is 1.32. The number of benzene rings is 2. The predicted molar refractivity (Wildman–Crippen MR) is 123 cm³/mol. The van der Waals surface area contributed by atoms with Crippen LogP contribution in [0.5, 0.6) is 0 Å². The van der Waals surface area contributed by atoms with Crippen LogP contribution in [0.3, 0.4) is 0 Å². The van der Waals surface area contributed by atoms with Gasteiger partial charge in [-0.05, 0) is 56.2 Å². The van der Waals surface area contributed by atoms with Crippen LogP contribution in [0.4, 0.5) is 8.78 Å². The fourth-order valence-corrected chi connectivity index (χ4v) is 5.45. The van der Waals surface area contributed by atoms with E-state index in [4.69, 9.17) is 0 Å². The van der Waals surface area contributed by atoms with Crippen molar-refractivity contribution in [1.29, 1.82) is 0 Å². The lowest BCUT2D eigenvalue weighted by molar-refractivity contribution is 0.0653. The van der Waals surface area contributed by atoms with Gasteiger partial charge in [0.15, 0.2) is 5.78 Å². The smallest absolute Gasteiger partial charge is 0.264 e. The first-order chi connectivity index (χ1) is 15.9. The van der Waals surface area contributed by atoms with Crippen molar-refractivity contribution < 1.29 is 18.4 Å². The molecule has 1 saturated heterocycles. The highest BCUT2D eigenvalue weighted by atomic mass is 32.1. The number of carbonyl (C=O) groups excluding carboxylic acids is 2. The normalized spacial score (nSPS) is 14.7. The number of hydrogen-bond acceptors (Lipinski definition) is 4. The second kappa shape index (κ2) is 8.51. The van der Waals surface area contributed by atoms with Gasteiger partial charge in [0.05, 0.1) is 21.8 Å². The number of aryl methyl sites for hydroxylation is 1. The molecule has 1 amide bonds. The molecule has 0 aliphatic carbocycles. The molecule has 5 nitrogen and oxygen atoms in total. The fourth-order valence-electron chi connectivity index (χ4n) is 4.30. The molecule has 1 aliphatic rings. The van der Waals surface area contributed by atoms with E-state index in [9.17, 15) is 18.4 Å². The Labute approximate surface area is 193 Å². The van der Waals surface area contributed by atoms with Crippen molar-refractivity contribution in [2.75, 3.05) is 13.1 Å². The van der Waals surface area contributed by atoms with E-state index in [-0.39, 0.29) is 11.5 Å². The van der Waals surface area contributed by atoms with E-state index >= 15 is 0 Å². The highest BCUT2D eigenvalue weighted by Crippen LogP contribution is 2.32. The summed E-state index contributed by atoms with van der Waals surface area (Å²) in [4.78, 5) is 29.1. The minimum Gasteiger partial charge on any atom is -0.338 e. The lowest BCUT2D eigenvalue weighted by Gasteiger charge is -2.31. The number of piperidine rings is 1. The van der Waals surface area contributed by atoms with Gasteiger partial charge in [0, 0.05) is 24.4 Å². The van der Waals surface area contributed by atoms with Crippen LogP contribution >= 0.6 is 11.3 Å². The van der Waals surface area contributed by atoms with Gasteiger partial charge in [0.1, 0.15) is 16.5 Å². The third-order valence-electron chi connectivity index (χ3n) is 6.10. The number of thiophene rings is 1. The van der Waals surface area contributed by atoms with Gasteiger partial charge in [-0.2, -0.15) is 5.10 Å². The van der Waals surface area contributed by atoms with Crippen LogP contribution in [0, 0.1) is 24.5 Å². The van der Waals surface area contributed by atoms with Gasteiger partial charge in [-0.25, -0.2) is 13.5 Å². The van der Waals surface area contributed by atoms with Crippen LogP contribution in [0.2, 0.25) is 0 Å². The monoisotopic (exact) mass is 465 g/mol. The van der Waals surface area contributed by atoms with Gasteiger partial charge in [0.25, 0.3) is 5.91 Å². The number of para-hydroxylation sites is 1. The summed E-state index contributed by atoms with van der Waals surface area (Å²) in [6, 6.07) is 14.6. The number of fused-ring (bicyclic) bond motifs is 1. The van der Waals surface area contributed by atoms with E-state index < -0.39 is 23.3 Å². The van der Waals surface area contributed by atoms with E-state index in [1.807, 2.05) is 48.0 Å². The van der Waals surface area contributed by atoms with E-state index in [1.165, 1.54) is 11.3 Å². The van der Waals surface area contributed by atoms with Gasteiger partial charge in [-0.3, -0.25) is 9.59 Å². The molecule has 0 spiro atoms. The maximum atomic E-state index is 14.0. The number of nitrogens with zero attached hydrogens (tertiary/aromatic N) is 3. The molecule has 1 aliphatic heterocycles. The molecule has 5 rings (SSSR count). The van der Waals surface area contributed by atoms with Crippen molar-refractivity contribution in [3.8, 4) is 5.69 Å². The molecule has 0 radical (unpaired) electrons. The molecular weight excluding hydrogens is 444 g/mol. The number of hydrogen-bond donors (Lipinski definition) is 0. The summed E-state index contributed by atoms with van der Waals surface area (Å²) in [5.74, 6) is -2.27. The van der Waals surface area contributed by atoms with Crippen LogP contribution in [0.15, 0.2) is 54.6 Å². The number of rotatable bonds is 4. The van der Waals surface area contributed by atoms with Crippen LogP contribution in [-0.4, -0.2) is 39.5 Å². The zero-order chi connectivity index (χ0) is 23.1. The summed E-state index contributed by atoms with van der Waals surface area (Å²) in [5, 5.41) is 5.56. The number of likely N-dealkylation sites (tertiary alicyclic amines) is 1. The average molecular weight is 466 g/mol. The standard InChI is InChI=1S/C25H21F2N3O2S/c1-15-19-14-22(33-25(19)30(28-15)18-5-3-2-4-6-18)24(32)29-11-9-16(10-12-29)23(31)20-13-17(26)7-8-21(20)27/h2-8,13-14,16H,9-12H2,1H3. The summed E-state index contributed by atoms with van der Waals surface area (Å²) in [7, 11) is 0. The predicted octanol–water partition coefficient (Wildman–Crippen LogP) is 5.41. The lowest BCUT2D eigenvalue weighted by Crippen LogP contribution is -2.40. The minimum absolute atomic E-state index is 0.0851. The van der Waals surface area contributed by atoms with Crippen LogP contribution in [0.25, 0.3) is 15.9 Å². The van der Waals surface area contributed by atoms with E-state index in [2.05, 4.69) is 5.10 Å². The van der Waals surface area contributed by atoms with Crippen molar-refractivity contribution >= 4 is 33.2 Å². The SMILES string of the molecule is Cc1nn(-c2ccccc2)c2sc(C(=O)N3CCC(C(=O)c4cc(F)ccc4F)CC3)cc12. The zero-order valence-electron chi connectivity index (χ0n) is 17.9. The molecule has 8 heteroatoms. The van der Waals surface area contributed by atoms with Crippen molar-refractivity contribution in [3.63, 3.8) is 0 Å². The zero-order valence-corrected chi connectivity index (χ0v) is 18.7. The molecule has 33 heavy (non-hydrogen) atoms. The van der Waals surface area contributed by atoms with Crippen LogP contribution in [0.1, 0.15) is 38.6 Å². The quantitative estimate of drug-likeness (QED) is 0.379. The van der Waals surface area contributed by atoms with E-state index in [0.29, 0.717) is 30.8 Å². The minimum atomic E-state index is -0.715. The summed E-state index contributed by atoms with van der Waals surface area (Å²) < 4.78 is 29.3. The summed E-state index contributed by atoms with van der Waals surface area (Å²) in [5.41, 5.74) is 1.57. The van der Waals surface area contributed by atoms with Crippen molar-refractivity contribution in [1.82, 2.24) is 14.7 Å². The van der Waals surface area contributed by atoms with Gasteiger partial charge in [-0.1, -0.05) is 18.2 Å². The van der Waals surface area contributed by atoms with Crippen molar-refractivity contribution in [2.45, 2.75) is 19.8 Å². The topological polar surface area (TPSA) is 55.2 Å². The molecule has 0 atom stereocenters. The summed E-state index contributed by atoms with van der Waals surface area (Å²) in [6.45, 7) is 2.71. The largest absolute Gasteiger partial charge is 0.338 e. The maximum Gasteiger partial charge on any atom is 0.264 e. The number of Topliss-reactive ketones (excluding diaryl/α,β-unsaturated/α-hetero) is 1. The molecule has 2 aromatic carbocycles. The van der Waals surface area contributed by atoms with E-state index in [0.717, 1.165) is 39.8 Å². The molecule has 0 N–H and O–H groups in total. The van der Waals surface area contributed by atoms with Crippen LogP contribution < -0.4 is 0 Å². The Morgan fingerprint density at radius 3 is 2.48 bits per heavy atom.